The first-order valence-electron chi connectivity index (χ1n) is 9.79. The Kier molecular flexibility index (Phi) is 13.5. The molecule has 158 valence electrons. The lowest BCUT2D eigenvalue weighted by molar-refractivity contribution is -0.0844. The van der Waals surface area contributed by atoms with E-state index in [1.54, 1.807) is 0 Å². The minimum atomic E-state index is -5.34. The van der Waals surface area contributed by atoms with Gasteiger partial charge in [-0.3, -0.25) is 0 Å². The molecule has 0 radical (unpaired) electrons. The molecule has 0 unspecified atom stereocenters. The van der Waals surface area contributed by atoms with Gasteiger partial charge in [0.25, 0.3) is 0 Å². The molecule has 0 amide bonds. The van der Waals surface area contributed by atoms with Gasteiger partial charge in [0, 0.05) is 0 Å². The maximum atomic E-state index is 12.7. The Morgan fingerprint density at radius 3 is 1.08 bits per heavy atom. The van der Waals surface area contributed by atoms with Crippen molar-refractivity contribution < 1.29 is 26.3 Å². The van der Waals surface area contributed by atoms with Crippen molar-refractivity contribution in [2.24, 2.45) is 0 Å². The van der Waals surface area contributed by atoms with Gasteiger partial charge in [-0.1, -0.05) is 102 Å². The third kappa shape index (κ3) is 10.5. The quantitative estimate of drug-likeness (QED) is 0.143. The first-order chi connectivity index (χ1) is 12.1. The Balaban J connectivity index is 3.65. The van der Waals surface area contributed by atoms with Crippen molar-refractivity contribution in [2.45, 2.75) is 109 Å². The molecule has 0 heterocycles. The normalized spacial score (nSPS) is 13.3. The molecule has 26 heavy (non-hydrogen) atoms. The van der Waals surface area contributed by atoms with Crippen molar-refractivity contribution >= 4 is 17.8 Å². The number of rotatable bonds is 15. The predicted octanol–water partition coefficient (Wildman–Crippen LogP) is 8.99. The number of hydrogen-bond donors (Lipinski definition) is 0. The van der Waals surface area contributed by atoms with E-state index < -0.39 is 24.0 Å². The Bertz CT molecular complexity index is 374. The Morgan fingerprint density at radius 2 is 0.808 bits per heavy atom. The summed E-state index contributed by atoms with van der Waals surface area (Å²) in [6.45, 7) is 2.20. The highest BCUT2D eigenvalue weighted by Crippen LogP contribution is 2.71. The second-order valence-corrected chi connectivity index (χ2v) is 11.8. The smallest absolute Gasteiger partial charge is 0.166 e. The van der Waals surface area contributed by atoms with Crippen LogP contribution >= 0.6 is 6.04 Å². The zero-order chi connectivity index (χ0) is 20.1. The van der Waals surface area contributed by atoms with E-state index in [1.807, 2.05) is 0 Å². The second-order valence-electron chi connectivity index (χ2n) is 7.00. The first kappa shape index (κ1) is 26.2. The van der Waals surface area contributed by atoms with Gasteiger partial charge in [-0.25, -0.2) is 0 Å². The third-order valence-electron chi connectivity index (χ3n) is 4.65. The van der Waals surface area contributed by atoms with Crippen LogP contribution in [0.4, 0.5) is 26.3 Å². The summed E-state index contributed by atoms with van der Waals surface area (Å²) >= 11 is 4.03. The highest BCUT2D eigenvalue weighted by atomic mass is 32.4. The lowest BCUT2D eigenvalue weighted by atomic mass is 10.0. The van der Waals surface area contributed by atoms with E-state index in [1.165, 1.54) is 44.9 Å². The van der Waals surface area contributed by atoms with Gasteiger partial charge >= 0.3 is 11.8 Å². The fraction of sp³-hybridized carbons (Fsp3) is 1.00. The Hall–Kier alpha value is 0.230. The molecule has 0 aromatic rings. The number of alkyl halides is 6. The van der Waals surface area contributed by atoms with Crippen molar-refractivity contribution in [1.29, 1.82) is 0 Å². The molecule has 0 aromatic carbocycles. The van der Waals surface area contributed by atoms with Crippen LogP contribution < -0.4 is 0 Å². The monoisotopic (exact) mass is 426 g/mol. The maximum absolute atomic E-state index is 12.7. The van der Waals surface area contributed by atoms with Gasteiger partial charge in [0.2, 0.25) is 0 Å². The van der Waals surface area contributed by atoms with Crippen molar-refractivity contribution in [3.05, 3.63) is 0 Å². The van der Waals surface area contributed by atoms with E-state index in [4.69, 9.17) is 0 Å². The number of halogens is 6. The van der Waals surface area contributed by atoms with Crippen LogP contribution in [-0.4, -0.2) is 18.0 Å². The fourth-order valence-corrected chi connectivity index (χ4v) is 4.78. The minimum absolute atomic E-state index is 0.0892. The summed E-state index contributed by atoms with van der Waals surface area (Å²) in [5, 5.41) is 0. The highest BCUT2D eigenvalue weighted by Gasteiger charge is 2.62. The van der Waals surface area contributed by atoms with E-state index in [0.717, 1.165) is 25.7 Å². The molecule has 0 aliphatic carbocycles. The van der Waals surface area contributed by atoms with Crippen LogP contribution in [0, 0.1) is 0 Å². The molecule has 0 bridgehead atoms. The van der Waals surface area contributed by atoms with Crippen LogP contribution in [0.25, 0.3) is 0 Å². The summed E-state index contributed by atoms with van der Waals surface area (Å²) < 4.78 is 76.1. The molecule has 0 fully saturated rings. The van der Waals surface area contributed by atoms with Gasteiger partial charge in [0.05, 0.1) is 0 Å². The van der Waals surface area contributed by atoms with E-state index in [2.05, 4.69) is 18.7 Å². The highest BCUT2D eigenvalue weighted by molar-refractivity contribution is 8.15. The zero-order valence-electron chi connectivity index (χ0n) is 15.7. The lowest BCUT2D eigenvalue weighted by Gasteiger charge is -2.26. The van der Waals surface area contributed by atoms with Gasteiger partial charge in [-0.05, 0) is 12.6 Å². The van der Waals surface area contributed by atoms with Gasteiger partial charge in [-0.2, -0.15) is 26.3 Å². The molecule has 0 spiro atoms. The van der Waals surface area contributed by atoms with E-state index in [-0.39, 0.29) is 6.42 Å². The molecule has 0 saturated carbocycles. The molecule has 0 atom stereocenters. The number of hydrogen-bond acceptors (Lipinski definition) is 1. The molecule has 8 heteroatoms. The summed E-state index contributed by atoms with van der Waals surface area (Å²) in [5.41, 5.74) is 0. The largest absolute Gasteiger partial charge is 0.422 e. The van der Waals surface area contributed by atoms with Gasteiger partial charge in [-0.15, -0.1) is 0 Å². The Labute approximate surface area is 159 Å². The van der Waals surface area contributed by atoms with Crippen LogP contribution in [0.15, 0.2) is 0 Å². The van der Waals surface area contributed by atoms with Crippen LogP contribution in [0.2, 0.25) is 0 Å². The van der Waals surface area contributed by atoms with Crippen molar-refractivity contribution in [3.63, 3.8) is 0 Å². The molecule has 0 aliphatic heterocycles. The minimum Gasteiger partial charge on any atom is -0.166 e. The summed E-state index contributed by atoms with van der Waals surface area (Å²) in [6, 6.07) is -5.34. The summed E-state index contributed by atoms with van der Waals surface area (Å²) in [7, 11) is 0. The molecular formula is C18H33F6PS. The first-order valence-corrected chi connectivity index (χ1v) is 12.8. The second kappa shape index (κ2) is 13.4. The van der Waals surface area contributed by atoms with Crippen molar-refractivity contribution in [1.82, 2.24) is 0 Å². The summed E-state index contributed by atoms with van der Waals surface area (Å²) in [4.78, 5) is 0. The van der Waals surface area contributed by atoms with E-state index >= 15 is 0 Å². The van der Waals surface area contributed by atoms with E-state index in [0.29, 0.717) is 12.8 Å². The lowest BCUT2D eigenvalue weighted by Crippen LogP contribution is -2.24. The van der Waals surface area contributed by atoms with Crippen molar-refractivity contribution in [2.75, 3.05) is 6.16 Å². The fourth-order valence-electron chi connectivity index (χ4n) is 2.93. The SMILES string of the molecule is CCCCCCCCCCCCCCCCP(=S)(C(F)(F)F)C(F)(F)F. The molecule has 0 nitrogen and oxygen atoms in total. The molecule has 0 saturated heterocycles. The van der Waals surface area contributed by atoms with Crippen LogP contribution in [0.3, 0.4) is 0 Å². The standard InChI is InChI=1S/C18H33F6PS/c1-2-3-4-5-6-7-8-9-10-11-12-13-14-15-16-25(26,17(19,20)21)18(22,23)24/h2-16H2,1H3. The van der Waals surface area contributed by atoms with Crippen LogP contribution in [0.1, 0.15) is 96.8 Å². The molecular weight excluding hydrogens is 393 g/mol. The Morgan fingerprint density at radius 1 is 0.538 bits per heavy atom. The van der Waals surface area contributed by atoms with Gasteiger partial charge in [0.15, 0.2) is 6.04 Å². The molecule has 0 N–H and O–H groups in total. The number of unbranched alkanes of at least 4 members (excludes halogenated alkanes) is 13. The van der Waals surface area contributed by atoms with Crippen molar-refractivity contribution in [3.8, 4) is 0 Å². The van der Waals surface area contributed by atoms with E-state index in [9.17, 15) is 26.3 Å². The average molecular weight is 426 g/mol. The summed E-state index contributed by atoms with van der Waals surface area (Å²) in [6.07, 6.45) is 13.1. The summed E-state index contributed by atoms with van der Waals surface area (Å²) in [5.74, 6) is -10.6. The third-order valence-corrected chi connectivity index (χ3v) is 9.02. The zero-order valence-corrected chi connectivity index (χ0v) is 17.4. The van der Waals surface area contributed by atoms with Gasteiger partial charge in [0.1, 0.15) is 0 Å². The van der Waals surface area contributed by atoms with Crippen LogP contribution in [0.5, 0.6) is 0 Å². The molecule has 0 aliphatic rings. The van der Waals surface area contributed by atoms with Gasteiger partial charge < -0.3 is 0 Å². The topological polar surface area (TPSA) is 0 Å². The molecule has 0 aromatic heterocycles. The average Bonchev–Trinajstić information content (AvgIpc) is 2.52. The maximum Gasteiger partial charge on any atom is 0.422 e. The molecule has 0 rings (SSSR count). The predicted molar refractivity (Wildman–Crippen MR) is 102 cm³/mol. The van der Waals surface area contributed by atoms with Crippen LogP contribution in [-0.2, 0) is 11.8 Å².